The van der Waals surface area contributed by atoms with Gasteiger partial charge in [-0.25, -0.2) is 4.98 Å². The normalized spacial score (nSPS) is 12.3. The van der Waals surface area contributed by atoms with Crippen LogP contribution in [0, 0.1) is 15.9 Å². The number of nitro groups is 1. The van der Waals surface area contributed by atoms with Gasteiger partial charge in [-0.05, 0) is 24.6 Å². The number of hydrogen-bond acceptors (Lipinski definition) is 4. The Balaban J connectivity index is 2.27. The second-order valence-electron chi connectivity index (χ2n) is 5.25. The van der Waals surface area contributed by atoms with E-state index in [2.05, 4.69) is 4.98 Å². The quantitative estimate of drug-likeness (QED) is 0.534. The van der Waals surface area contributed by atoms with E-state index in [1.807, 2.05) is 0 Å². The molecule has 0 aliphatic carbocycles. The van der Waals surface area contributed by atoms with Crippen molar-refractivity contribution in [2.45, 2.75) is 13.0 Å². The summed E-state index contributed by atoms with van der Waals surface area (Å²) in [6.07, 6.45) is 1.06. The molecule has 0 aliphatic rings. The van der Waals surface area contributed by atoms with Crippen molar-refractivity contribution < 1.29 is 9.31 Å². The Bertz CT molecular complexity index is 1020. The van der Waals surface area contributed by atoms with Crippen molar-refractivity contribution in [3.8, 4) is 0 Å². The molecule has 0 bridgehead atoms. The second kappa shape index (κ2) is 6.01. The number of halogens is 2. The van der Waals surface area contributed by atoms with E-state index in [1.54, 1.807) is 31.2 Å². The van der Waals surface area contributed by atoms with Gasteiger partial charge in [-0.3, -0.25) is 19.5 Å². The minimum Gasteiger partial charge on any atom is -0.298 e. The lowest BCUT2D eigenvalue weighted by atomic mass is 10.1. The first-order valence-corrected chi connectivity index (χ1v) is 7.37. The lowest BCUT2D eigenvalue weighted by molar-refractivity contribution is -0.387. The molecule has 2 aromatic carbocycles. The molecule has 3 rings (SSSR count). The van der Waals surface area contributed by atoms with E-state index in [-0.39, 0.29) is 11.0 Å². The monoisotopic (exact) mass is 347 g/mol. The van der Waals surface area contributed by atoms with Crippen LogP contribution in [0.25, 0.3) is 11.0 Å². The molecule has 122 valence electrons. The Morgan fingerprint density at radius 2 is 2.08 bits per heavy atom. The number of nitro benzene ring substituents is 1. The fourth-order valence-corrected chi connectivity index (χ4v) is 2.80. The number of aromatic nitrogens is 2. The van der Waals surface area contributed by atoms with Crippen LogP contribution in [-0.4, -0.2) is 14.5 Å². The largest absolute Gasteiger partial charge is 0.307 e. The molecular weight excluding hydrogens is 337 g/mol. The van der Waals surface area contributed by atoms with Crippen molar-refractivity contribution in [1.29, 1.82) is 0 Å². The Labute approximate surface area is 140 Å². The highest BCUT2D eigenvalue weighted by Gasteiger charge is 2.20. The van der Waals surface area contributed by atoms with Crippen LogP contribution in [0.5, 0.6) is 0 Å². The molecule has 6 nitrogen and oxygen atoms in total. The summed E-state index contributed by atoms with van der Waals surface area (Å²) in [4.78, 5) is 26.2. The maximum atomic E-state index is 14.0. The fourth-order valence-electron chi connectivity index (χ4n) is 2.60. The van der Waals surface area contributed by atoms with Crippen LogP contribution in [0.15, 0.2) is 47.4 Å². The van der Waals surface area contributed by atoms with Crippen molar-refractivity contribution in [2.24, 2.45) is 0 Å². The molecule has 0 aliphatic heterocycles. The van der Waals surface area contributed by atoms with E-state index in [0.29, 0.717) is 5.02 Å². The minimum absolute atomic E-state index is 0.163. The average Bonchev–Trinajstić information content (AvgIpc) is 2.53. The number of nitrogens with zero attached hydrogens (tertiary/aromatic N) is 3. The van der Waals surface area contributed by atoms with Crippen LogP contribution >= 0.6 is 11.6 Å². The standard InChI is InChI=1S/C16H11ClFN3O3/c1-9(10-3-2-4-11(17)5-10)20-15-6-12(18)14(21(23)24)7-13(15)19-8-16(20)22/h2-9H,1H3/t9-/m0/s1. The zero-order valence-corrected chi connectivity index (χ0v) is 13.2. The summed E-state index contributed by atoms with van der Waals surface area (Å²) in [6.45, 7) is 1.76. The first-order chi connectivity index (χ1) is 11.4. The van der Waals surface area contributed by atoms with Crippen molar-refractivity contribution >= 4 is 28.3 Å². The predicted octanol–water partition coefficient (Wildman–Crippen LogP) is 3.71. The number of hydrogen-bond donors (Lipinski definition) is 0. The Hall–Kier alpha value is -2.80. The van der Waals surface area contributed by atoms with Crippen molar-refractivity contribution in [2.75, 3.05) is 0 Å². The van der Waals surface area contributed by atoms with Crippen LogP contribution in [0.2, 0.25) is 5.02 Å². The summed E-state index contributed by atoms with van der Waals surface area (Å²) in [5.74, 6) is -1.02. The van der Waals surface area contributed by atoms with Gasteiger partial charge in [0.05, 0.1) is 28.2 Å². The summed E-state index contributed by atoms with van der Waals surface area (Å²) < 4.78 is 15.3. The lowest BCUT2D eigenvalue weighted by Crippen LogP contribution is -2.24. The van der Waals surface area contributed by atoms with Crippen molar-refractivity contribution in [3.05, 3.63) is 79.5 Å². The van der Waals surface area contributed by atoms with E-state index < -0.39 is 28.0 Å². The van der Waals surface area contributed by atoms with E-state index in [0.717, 1.165) is 23.9 Å². The SMILES string of the molecule is C[C@@H](c1cccc(Cl)c1)n1c(=O)cnc2cc([N+](=O)[O-])c(F)cc21. The fraction of sp³-hybridized carbons (Fsp3) is 0.125. The van der Waals surface area contributed by atoms with Gasteiger partial charge < -0.3 is 0 Å². The molecule has 0 saturated heterocycles. The highest BCUT2D eigenvalue weighted by atomic mass is 35.5. The van der Waals surface area contributed by atoms with Crippen LogP contribution in [0.3, 0.4) is 0 Å². The number of benzene rings is 2. The maximum Gasteiger partial charge on any atom is 0.307 e. The van der Waals surface area contributed by atoms with Crippen molar-refractivity contribution in [1.82, 2.24) is 9.55 Å². The predicted molar refractivity (Wildman–Crippen MR) is 87.9 cm³/mol. The Morgan fingerprint density at radius 1 is 1.33 bits per heavy atom. The molecule has 3 aromatic rings. The van der Waals surface area contributed by atoms with Gasteiger partial charge in [-0.1, -0.05) is 23.7 Å². The van der Waals surface area contributed by atoms with E-state index in [4.69, 9.17) is 11.6 Å². The van der Waals surface area contributed by atoms with Crippen LogP contribution < -0.4 is 5.56 Å². The summed E-state index contributed by atoms with van der Waals surface area (Å²) in [7, 11) is 0. The van der Waals surface area contributed by atoms with Gasteiger partial charge in [-0.15, -0.1) is 0 Å². The summed E-state index contributed by atoms with van der Waals surface area (Å²) in [5.41, 5.74) is -0.0376. The van der Waals surface area contributed by atoms with Crippen molar-refractivity contribution in [3.63, 3.8) is 0 Å². The third kappa shape index (κ3) is 2.74. The second-order valence-corrected chi connectivity index (χ2v) is 5.68. The smallest absolute Gasteiger partial charge is 0.298 e. The zero-order chi connectivity index (χ0) is 17.4. The molecule has 0 saturated carbocycles. The van der Waals surface area contributed by atoms with Gasteiger partial charge in [0.25, 0.3) is 5.56 Å². The number of fused-ring (bicyclic) bond motifs is 1. The van der Waals surface area contributed by atoms with Gasteiger partial charge in [-0.2, -0.15) is 4.39 Å². The Kier molecular flexibility index (Phi) is 4.02. The van der Waals surface area contributed by atoms with Crippen LogP contribution in [0.4, 0.5) is 10.1 Å². The summed E-state index contributed by atoms with van der Waals surface area (Å²) in [6, 6.07) is 8.46. The molecule has 0 amide bonds. The molecule has 1 heterocycles. The van der Waals surface area contributed by atoms with Crippen LogP contribution in [0.1, 0.15) is 18.5 Å². The topological polar surface area (TPSA) is 78.0 Å². The first kappa shape index (κ1) is 16.1. The molecule has 0 N–H and O–H groups in total. The maximum absolute atomic E-state index is 14.0. The molecule has 8 heteroatoms. The number of rotatable bonds is 3. The van der Waals surface area contributed by atoms with Gasteiger partial charge in [0.15, 0.2) is 0 Å². The third-order valence-corrected chi connectivity index (χ3v) is 4.01. The van der Waals surface area contributed by atoms with E-state index in [1.165, 1.54) is 4.57 Å². The summed E-state index contributed by atoms with van der Waals surface area (Å²) >= 11 is 5.98. The lowest BCUT2D eigenvalue weighted by Gasteiger charge is -2.18. The molecule has 0 radical (unpaired) electrons. The average molecular weight is 348 g/mol. The first-order valence-electron chi connectivity index (χ1n) is 6.99. The Morgan fingerprint density at radius 3 is 2.75 bits per heavy atom. The van der Waals surface area contributed by atoms with Crippen LogP contribution in [-0.2, 0) is 0 Å². The molecule has 1 atom stereocenters. The zero-order valence-electron chi connectivity index (χ0n) is 12.4. The van der Waals surface area contributed by atoms with Gasteiger partial charge in [0.1, 0.15) is 0 Å². The molecule has 24 heavy (non-hydrogen) atoms. The molecule has 0 spiro atoms. The van der Waals surface area contributed by atoms with Gasteiger partial charge >= 0.3 is 5.69 Å². The molecule has 0 unspecified atom stereocenters. The third-order valence-electron chi connectivity index (χ3n) is 3.77. The minimum atomic E-state index is -1.02. The van der Waals surface area contributed by atoms with E-state index in [9.17, 15) is 19.3 Å². The molecular formula is C16H11ClFN3O3. The highest BCUT2D eigenvalue weighted by molar-refractivity contribution is 6.30. The van der Waals surface area contributed by atoms with Gasteiger partial charge in [0, 0.05) is 17.2 Å². The highest BCUT2D eigenvalue weighted by Crippen LogP contribution is 2.26. The van der Waals surface area contributed by atoms with Gasteiger partial charge in [0.2, 0.25) is 5.82 Å². The molecule has 0 fully saturated rings. The van der Waals surface area contributed by atoms with E-state index >= 15 is 0 Å². The molecule has 1 aromatic heterocycles. The summed E-state index contributed by atoms with van der Waals surface area (Å²) in [5, 5.41) is 11.4.